The molecular formula is C22H18FN3O. The average molecular weight is 359 g/mol. The number of carbonyl (C=O) groups excluding carboxylic acids is 1. The number of aromatic amines is 1. The Morgan fingerprint density at radius 1 is 0.889 bits per heavy atom. The Bertz CT molecular complexity index is 1100. The van der Waals surface area contributed by atoms with E-state index in [2.05, 4.69) is 15.6 Å². The molecule has 0 unspecified atom stereocenters. The zero-order chi connectivity index (χ0) is 18.8. The molecule has 134 valence electrons. The van der Waals surface area contributed by atoms with Gasteiger partial charge in [-0.05, 0) is 49.4 Å². The Morgan fingerprint density at radius 2 is 1.59 bits per heavy atom. The highest BCUT2D eigenvalue weighted by molar-refractivity contribution is 6.10. The van der Waals surface area contributed by atoms with E-state index in [-0.39, 0.29) is 11.8 Å². The molecule has 0 atom stereocenters. The number of H-pyrrole nitrogens is 1. The third-order valence-electron chi connectivity index (χ3n) is 4.39. The number of benzene rings is 3. The topological polar surface area (TPSA) is 56.9 Å². The molecule has 0 saturated carbocycles. The molecule has 3 aromatic carbocycles. The second-order valence-corrected chi connectivity index (χ2v) is 6.37. The first-order chi connectivity index (χ1) is 13.1. The van der Waals surface area contributed by atoms with E-state index in [9.17, 15) is 9.18 Å². The maximum atomic E-state index is 13.3. The van der Waals surface area contributed by atoms with Gasteiger partial charge in [0.1, 0.15) is 5.82 Å². The maximum Gasteiger partial charge on any atom is 0.323 e. The Kier molecular flexibility index (Phi) is 4.34. The minimum absolute atomic E-state index is 0.304. The van der Waals surface area contributed by atoms with E-state index in [4.69, 9.17) is 0 Å². The van der Waals surface area contributed by atoms with Crippen molar-refractivity contribution in [2.75, 3.05) is 10.6 Å². The van der Waals surface area contributed by atoms with Gasteiger partial charge < -0.3 is 15.6 Å². The predicted molar refractivity (Wildman–Crippen MR) is 108 cm³/mol. The molecule has 0 saturated heterocycles. The van der Waals surface area contributed by atoms with Crippen LogP contribution >= 0.6 is 0 Å². The van der Waals surface area contributed by atoms with Crippen LogP contribution in [0.3, 0.4) is 0 Å². The third kappa shape index (κ3) is 3.53. The van der Waals surface area contributed by atoms with Crippen LogP contribution in [0.15, 0.2) is 72.8 Å². The Hall–Kier alpha value is -3.60. The zero-order valence-corrected chi connectivity index (χ0v) is 14.7. The van der Waals surface area contributed by atoms with Gasteiger partial charge >= 0.3 is 6.03 Å². The quantitative estimate of drug-likeness (QED) is 0.417. The molecule has 0 fully saturated rings. The summed E-state index contributed by atoms with van der Waals surface area (Å²) in [5.41, 5.74) is 4.90. The fraction of sp³-hybridized carbons (Fsp3) is 0.0455. The van der Waals surface area contributed by atoms with E-state index in [0.717, 1.165) is 27.7 Å². The lowest BCUT2D eigenvalue weighted by atomic mass is 10.1. The van der Waals surface area contributed by atoms with E-state index >= 15 is 0 Å². The number of urea groups is 1. The second-order valence-electron chi connectivity index (χ2n) is 6.37. The van der Waals surface area contributed by atoms with Crippen LogP contribution in [-0.2, 0) is 0 Å². The zero-order valence-electron chi connectivity index (χ0n) is 14.7. The van der Waals surface area contributed by atoms with Crippen LogP contribution in [0.1, 0.15) is 5.56 Å². The number of hydrogen-bond acceptors (Lipinski definition) is 1. The molecule has 0 aliphatic carbocycles. The van der Waals surface area contributed by atoms with Crippen molar-refractivity contribution in [1.29, 1.82) is 0 Å². The molecule has 2 amide bonds. The van der Waals surface area contributed by atoms with Crippen LogP contribution in [0.4, 0.5) is 20.6 Å². The summed E-state index contributed by atoms with van der Waals surface area (Å²) in [7, 11) is 0. The van der Waals surface area contributed by atoms with Gasteiger partial charge in [0, 0.05) is 22.2 Å². The van der Waals surface area contributed by atoms with Crippen molar-refractivity contribution >= 4 is 28.3 Å². The minimum Gasteiger partial charge on any atom is -0.353 e. The fourth-order valence-electron chi connectivity index (χ4n) is 3.02. The highest BCUT2D eigenvalue weighted by atomic mass is 19.1. The van der Waals surface area contributed by atoms with Crippen LogP contribution in [0, 0.1) is 12.7 Å². The number of fused-ring (bicyclic) bond motifs is 1. The molecule has 4 nitrogen and oxygen atoms in total. The minimum atomic E-state index is -0.341. The smallest absolute Gasteiger partial charge is 0.323 e. The van der Waals surface area contributed by atoms with E-state index in [1.165, 1.54) is 12.1 Å². The van der Waals surface area contributed by atoms with E-state index in [1.54, 1.807) is 12.1 Å². The Balaban J connectivity index is 1.69. The SMILES string of the molecule is Cc1ccc(NC(=O)Nc2c(-c3ccc(F)cc3)[nH]c3ccccc23)cc1. The summed E-state index contributed by atoms with van der Waals surface area (Å²) in [6.45, 7) is 1.99. The molecule has 3 N–H and O–H groups in total. The molecular weight excluding hydrogens is 341 g/mol. The van der Waals surface area contributed by atoms with Crippen LogP contribution < -0.4 is 10.6 Å². The molecule has 0 bridgehead atoms. The largest absolute Gasteiger partial charge is 0.353 e. The van der Waals surface area contributed by atoms with Crippen LogP contribution in [0.2, 0.25) is 0 Å². The number of anilines is 2. The van der Waals surface area contributed by atoms with Gasteiger partial charge in [-0.3, -0.25) is 0 Å². The van der Waals surface area contributed by atoms with Gasteiger partial charge in [-0.25, -0.2) is 9.18 Å². The number of halogens is 1. The molecule has 4 rings (SSSR count). The fourth-order valence-corrected chi connectivity index (χ4v) is 3.02. The van der Waals surface area contributed by atoms with Crippen molar-refractivity contribution < 1.29 is 9.18 Å². The summed E-state index contributed by atoms with van der Waals surface area (Å²) < 4.78 is 13.3. The number of nitrogens with one attached hydrogen (secondary N) is 3. The Morgan fingerprint density at radius 3 is 2.33 bits per heavy atom. The second kappa shape index (κ2) is 6.96. The summed E-state index contributed by atoms with van der Waals surface area (Å²) in [6, 6.07) is 21.1. The number of aromatic nitrogens is 1. The summed E-state index contributed by atoms with van der Waals surface area (Å²) in [5.74, 6) is -0.304. The summed E-state index contributed by atoms with van der Waals surface area (Å²) in [5, 5.41) is 6.66. The van der Waals surface area contributed by atoms with E-state index in [1.807, 2.05) is 55.5 Å². The maximum absolute atomic E-state index is 13.3. The lowest BCUT2D eigenvalue weighted by Crippen LogP contribution is -2.19. The molecule has 0 radical (unpaired) electrons. The lowest BCUT2D eigenvalue weighted by Gasteiger charge is -2.10. The van der Waals surface area contributed by atoms with Crippen molar-refractivity contribution in [1.82, 2.24) is 4.98 Å². The van der Waals surface area contributed by atoms with Crippen LogP contribution in [0.25, 0.3) is 22.2 Å². The molecule has 5 heteroatoms. The predicted octanol–water partition coefficient (Wildman–Crippen LogP) is 5.93. The molecule has 1 heterocycles. The van der Waals surface area contributed by atoms with Gasteiger partial charge in [-0.15, -0.1) is 0 Å². The number of hydrogen-bond donors (Lipinski definition) is 3. The van der Waals surface area contributed by atoms with Crippen LogP contribution in [-0.4, -0.2) is 11.0 Å². The monoisotopic (exact) mass is 359 g/mol. The number of para-hydroxylation sites is 1. The highest BCUT2D eigenvalue weighted by Gasteiger charge is 2.15. The molecule has 27 heavy (non-hydrogen) atoms. The normalized spacial score (nSPS) is 10.7. The standard InChI is InChI=1S/C22H18FN3O/c1-14-6-12-17(13-7-14)24-22(27)26-21-18-4-2-3-5-19(18)25-20(21)15-8-10-16(23)11-9-15/h2-13,25H,1H3,(H2,24,26,27). The first-order valence-electron chi connectivity index (χ1n) is 8.61. The van der Waals surface area contributed by atoms with Gasteiger partial charge in [0.05, 0.1) is 11.4 Å². The summed E-state index contributed by atoms with van der Waals surface area (Å²) >= 11 is 0. The molecule has 0 spiro atoms. The number of rotatable bonds is 3. The number of carbonyl (C=O) groups is 1. The molecule has 1 aromatic heterocycles. The summed E-state index contributed by atoms with van der Waals surface area (Å²) in [4.78, 5) is 15.9. The van der Waals surface area contributed by atoms with Gasteiger partial charge in [0.15, 0.2) is 0 Å². The van der Waals surface area contributed by atoms with Crippen molar-refractivity contribution in [2.24, 2.45) is 0 Å². The lowest BCUT2D eigenvalue weighted by molar-refractivity contribution is 0.262. The number of aryl methyl sites for hydroxylation is 1. The molecule has 0 aliphatic rings. The Labute approximate surface area is 156 Å². The average Bonchev–Trinajstić information content (AvgIpc) is 3.03. The number of amides is 2. The molecule has 0 aliphatic heterocycles. The van der Waals surface area contributed by atoms with Gasteiger partial charge in [-0.1, -0.05) is 35.9 Å². The van der Waals surface area contributed by atoms with Crippen LogP contribution in [0.5, 0.6) is 0 Å². The van der Waals surface area contributed by atoms with Crippen molar-refractivity contribution in [3.8, 4) is 11.3 Å². The highest BCUT2D eigenvalue weighted by Crippen LogP contribution is 2.35. The third-order valence-corrected chi connectivity index (χ3v) is 4.39. The molecule has 4 aromatic rings. The van der Waals surface area contributed by atoms with E-state index < -0.39 is 0 Å². The summed E-state index contributed by atoms with van der Waals surface area (Å²) in [6.07, 6.45) is 0. The van der Waals surface area contributed by atoms with E-state index in [0.29, 0.717) is 11.4 Å². The van der Waals surface area contributed by atoms with Crippen molar-refractivity contribution in [3.63, 3.8) is 0 Å². The van der Waals surface area contributed by atoms with Crippen molar-refractivity contribution in [2.45, 2.75) is 6.92 Å². The first-order valence-corrected chi connectivity index (χ1v) is 8.61. The van der Waals surface area contributed by atoms with Gasteiger partial charge in [-0.2, -0.15) is 0 Å². The van der Waals surface area contributed by atoms with Gasteiger partial charge in [0.2, 0.25) is 0 Å². The van der Waals surface area contributed by atoms with Gasteiger partial charge in [0.25, 0.3) is 0 Å². The van der Waals surface area contributed by atoms with Crippen molar-refractivity contribution in [3.05, 3.63) is 84.2 Å². The first kappa shape index (κ1) is 16.8.